The summed E-state index contributed by atoms with van der Waals surface area (Å²) < 4.78 is 40.5. The fraction of sp³-hybridized carbons (Fsp3) is 0.521. The SMILES string of the molecule is C[C@@H]1CN(C2CCN(c3ccc4c(c3)C(=O)N(C3CCC(=O)NC3=O)C4=O)CC2)CCN1CC1CCN(c2ccc(NC(=O)C3CCN(c4ccc(C#N)c(C(F)(F)F)c4)CC3)nc2)CC1. The molecular formula is C48H55F3N10O5. The number of hydrogen-bond donors (Lipinski definition) is 2. The second-order valence-electron chi connectivity index (χ2n) is 18.7. The van der Waals surface area contributed by atoms with Gasteiger partial charge in [0.2, 0.25) is 17.7 Å². The topological polar surface area (TPSA) is 166 Å². The maximum absolute atomic E-state index is 13.5. The van der Waals surface area contributed by atoms with Crippen molar-refractivity contribution in [3.8, 4) is 6.07 Å². The average molecular weight is 909 g/mol. The first-order valence-corrected chi connectivity index (χ1v) is 23.2. The van der Waals surface area contributed by atoms with Crippen LogP contribution in [0.3, 0.4) is 0 Å². The van der Waals surface area contributed by atoms with E-state index in [-0.39, 0.29) is 24.7 Å². The number of piperidine rings is 4. The van der Waals surface area contributed by atoms with E-state index < -0.39 is 47.0 Å². The number of anilines is 4. The van der Waals surface area contributed by atoms with Gasteiger partial charge in [-0.25, -0.2) is 4.98 Å². The Labute approximate surface area is 381 Å². The molecule has 0 saturated carbocycles. The molecule has 5 amide bonds. The Morgan fingerprint density at radius 2 is 1.42 bits per heavy atom. The first-order chi connectivity index (χ1) is 31.7. The quantitative estimate of drug-likeness (QED) is 0.273. The maximum Gasteiger partial charge on any atom is 0.417 e. The molecule has 9 rings (SSSR count). The molecule has 6 aliphatic heterocycles. The number of nitrogens with zero attached hydrogens (tertiary/aromatic N) is 8. The molecule has 0 bridgehead atoms. The van der Waals surface area contributed by atoms with Gasteiger partial charge in [0.05, 0.1) is 40.2 Å². The number of alkyl halides is 3. The lowest BCUT2D eigenvalue weighted by Gasteiger charge is -2.47. The van der Waals surface area contributed by atoms with Gasteiger partial charge in [0, 0.05) is 101 Å². The average Bonchev–Trinajstić information content (AvgIpc) is 3.57. The summed E-state index contributed by atoms with van der Waals surface area (Å²) in [6, 6.07) is 14.5. The standard InChI is InChI=1S/C48H55F3N10O5/c1-30-28-60(34-14-20-57(21-15-34)35-4-6-38-39(24-35)47(66)61(46(38)65)41-7-9-43(62)55-45(41)64)23-22-59(30)29-31-10-16-58(17-11-31)37-5-8-42(53-27-37)54-44(63)32-12-18-56(19-13-32)36-3-2-33(26-52)40(25-36)48(49,50)51/h2-6,8,24-25,27,30-32,34,41H,7,9-23,28-29H2,1H3,(H,53,54,63)(H,55,62,64)/t30-,41?/m1/s1. The van der Waals surface area contributed by atoms with Crippen LogP contribution >= 0.6 is 0 Å². The second-order valence-corrected chi connectivity index (χ2v) is 18.7. The maximum atomic E-state index is 13.5. The van der Waals surface area contributed by atoms with Crippen molar-refractivity contribution < 1.29 is 37.1 Å². The lowest BCUT2D eigenvalue weighted by Crippen LogP contribution is -2.57. The number of nitrogens with one attached hydrogen (secondary N) is 2. The highest BCUT2D eigenvalue weighted by Gasteiger charge is 2.45. The Kier molecular flexibility index (Phi) is 12.8. The molecule has 2 atom stereocenters. The van der Waals surface area contributed by atoms with Gasteiger partial charge in [0.25, 0.3) is 11.8 Å². The highest BCUT2D eigenvalue weighted by Crippen LogP contribution is 2.37. The van der Waals surface area contributed by atoms with Gasteiger partial charge in [-0.3, -0.25) is 44.0 Å². The molecule has 2 N–H and O–H groups in total. The summed E-state index contributed by atoms with van der Waals surface area (Å²) in [7, 11) is 0. The normalized spacial score (nSPS) is 23.3. The van der Waals surface area contributed by atoms with Crippen LogP contribution in [0.1, 0.15) is 90.1 Å². The number of pyridine rings is 1. The highest BCUT2D eigenvalue weighted by molar-refractivity contribution is 6.23. The Morgan fingerprint density at radius 3 is 2.08 bits per heavy atom. The van der Waals surface area contributed by atoms with Crippen LogP contribution in [0.2, 0.25) is 0 Å². The molecule has 2 aromatic carbocycles. The third-order valence-corrected chi connectivity index (χ3v) is 14.7. The van der Waals surface area contributed by atoms with Crippen molar-refractivity contribution in [1.82, 2.24) is 25.0 Å². The van der Waals surface area contributed by atoms with Crippen LogP contribution in [0.25, 0.3) is 0 Å². The number of fused-ring (bicyclic) bond motifs is 1. The van der Waals surface area contributed by atoms with Gasteiger partial charge < -0.3 is 20.0 Å². The summed E-state index contributed by atoms with van der Waals surface area (Å²) in [4.78, 5) is 81.2. The van der Waals surface area contributed by atoms with Crippen molar-refractivity contribution in [2.45, 2.75) is 82.6 Å². The molecule has 18 heteroatoms. The first kappa shape index (κ1) is 45.1. The molecule has 1 unspecified atom stereocenters. The van der Waals surface area contributed by atoms with Gasteiger partial charge >= 0.3 is 6.18 Å². The van der Waals surface area contributed by atoms with Crippen molar-refractivity contribution in [3.05, 3.63) is 77.0 Å². The minimum atomic E-state index is -4.62. The largest absolute Gasteiger partial charge is 0.417 e. The zero-order chi connectivity index (χ0) is 46.3. The summed E-state index contributed by atoms with van der Waals surface area (Å²) in [5.41, 5.74) is 1.55. The Balaban J connectivity index is 0.686. The number of rotatable bonds is 9. The molecular weight excluding hydrogens is 854 g/mol. The number of aromatic nitrogens is 1. The lowest BCUT2D eigenvalue weighted by molar-refractivity contribution is -0.138. The van der Waals surface area contributed by atoms with E-state index in [1.54, 1.807) is 24.4 Å². The van der Waals surface area contributed by atoms with E-state index in [4.69, 9.17) is 5.26 Å². The molecule has 0 radical (unpaired) electrons. The van der Waals surface area contributed by atoms with Crippen molar-refractivity contribution >= 4 is 52.4 Å². The van der Waals surface area contributed by atoms with E-state index in [1.165, 1.54) is 12.1 Å². The number of nitriles is 1. The van der Waals surface area contributed by atoms with E-state index in [1.807, 2.05) is 23.1 Å². The number of piperazine rings is 1. The van der Waals surface area contributed by atoms with E-state index in [0.29, 0.717) is 66.6 Å². The number of halogens is 3. The van der Waals surface area contributed by atoms with Crippen LogP contribution in [0.5, 0.6) is 0 Å². The predicted molar refractivity (Wildman–Crippen MR) is 240 cm³/mol. The summed E-state index contributed by atoms with van der Waals surface area (Å²) in [5.74, 6) is -1.35. The van der Waals surface area contributed by atoms with Crippen LogP contribution < -0.4 is 25.3 Å². The molecule has 5 saturated heterocycles. The number of hydrogen-bond acceptors (Lipinski definition) is 12. The third kappa shape index (κ3) is 9.32. The molecule has 0 spiro atoms. The smallest absolute Gasteiger partial charge is 0.371 e. The second kappa shape index (κ2) is 18.7. The molecule has 5 fully saturated rings. The van der Waals surface area contributed by atoms with Gasteiger partial charge in [-0.2, -0.15) is 18.4 Å². The van der Waals surface area contributed by atoms with Crippen molar-refractivity contribution in [2.24, 2.45) is 11.8 Å². The number of carbonyl (C=O) groups is 5. The highest BCUT2D eigenvalue weighted by atomic mass is 19.4. The van der Waals surface area contributed by atoms with Crippen molar-refractivity contribution in [1.29, 1.82) is 5.26 Å². The molecule has 7 heterocycles. The van der Waals surface area contributed by atoms with E-state index in [0.717, 1.165) is 100 Å². The summed E-state index contributed by atoms with van der Waals surface area (Å²) in [5, 5.41) is 14.3. The van der Waals surface area contributed by atoms with Gasteiger partial charge in [0.15, 0.2) is 0 Å². The van der Waals surface area contributed by atoms with Crippen LogP contribution in [0.4, 0.5) is 36.1 Å². The van der Waals surface area contributed by atoms with Gasteiger partial charge in [0.1, 0.15) is 11.9 Å². The molecule has 0 aliphatic carbocycles. The minimum Gasteiger partial charge on any atom is -0.371 e. The summed E-state index contributed by atoms with van der Waals surface area (Å²) in [6.45, 7) is 10.9. The van der Waals surface area contributed by atoms with E-state index >= 15 is 0 Å². The first-order valence-electron chi connectivity index (χ1n) is 23.2. The van der Waals surface area contributed by atoms with Crippen LogP contribution in [-0.4, -0.2) is 133 Å². The van der Waals surface area contributed by atoms with E-state index in [9.17, 15) is 37.1 Å². The number of benzene rings is 2. The summed E-state index contributed by atoms with van der Waals surface area (Å²) in [6.07, 6.45) is 2.54. The van der Waals surface area contributed by atoms with Crippen LogP contribution in [0.15, 0.2) is 54.7 Å². The lowest BCUT2D eigenvalue weighted by atomic mass is 9.94. The van der Waals surface area contributed by atoms with Gasteiger partial charge in [-0.1, -0.05) is 0 Å². The Hall–Kier alpha value is -6.06. The number of carbonyl (C=O) groups excluding carboxylic acids is 5. The third-order valence-electron chi connectivity index (χ3n) is 14.7. The molecule has 6 aliphatic rings. The monoisotopic (exact) mass is 908 g/mol. The molecule has 348 valence electrons. The number of imide groups is 2. The molecule has 15 nitrogen and oxygen atoms in total. The Morgan fingerprint density at radius 1 is 0.788 bits per heavy atom. The number of amides is 5. The predicted octanol–water partition coefficient (Wildman–Crippen LogP) is 5.12. The van der Waals surface area contributed by atoms with Gasteiger partial charge in [-0.05, 0) is 106 Å². The molecule has 1 aromatic heterocycles. The van der Waals surface area contributed by atoms with Crippen LogP contribution in [-0.2, 0) is 20.6 Å². The van der Waals surface area contributed by atoms with Gasteiger partial charge in [-0.15, -0.1) is 0 Å². The van der Waals surface area contributed by atoms with Crippen LogP contribution in [0, 0.1) is 23.2 Å². The summed E-state index contributed by atoms with van der Waals surface area (Å²) >= 11 is 0. The van der Waals surface area contributed by atoms with E-state index in [2.05, 4.69) is 42.1 Å². The fourth-order valence-corrected chi connectivity index (χ4v) is 10.8. The molecule has 3 aromatic rings. The van der Waals surface area contributed by atoms with Crippen molar-refractivity contribution in [3.63, 3.8) is 0 Å². The zero-order valence-electron chi connectivity index (χ0n) is 37.1. The fourth-order valence-electron chi connectivity index (χ4n) is 10.8. The van der Waals surface area contributed by atoms with Crippen molar-refractivity contribution in [2.75, 3.05) is 85.5 Å². The minimum absolute atomic E-state index is 0.0865. The Bertz CT molecular complexity index is 2400. The molecule has 66 heavy (non-hydrogen) atoms. The zero-order valence-corrected chi connectivity index (χ0v) is 37.1.